The van der Waals surface area contributed by atoms with Crippen molar-refractivity contribution < 1.29 is 19.1 Å². The number of benzene rings is 1. The van der Waals surface area contributed by atoms with E-state index in [4.69, 9.17) is 9.47 Å². The van der Waals surface area contributed by atoms with Crippen LogP contribution in [0.2, 0.25) is 0 Å². The first kappa shape index (κ1) is 18.5. The second-order valence-electron chi connectivity index (χ2n) is 8.36. The highest BCUT2D eigenvalue weighted by molar-refractivity contribution is 5.69. The Labute approximate surface area is 155 Å². The van der Waals surface area contributed by atoms with Crippen molar-refractivity contribution in [2.45, 2.75) is 45.8 Å². The molecule has 2 heterocycles. The van der Waals surface area contributed by atoms with Crippen LogP contribution in [-0.4, -0.2) is 53.8 Å². The lowest BCUT2D eigenvalue weighted by Gasteiger charge is -2.27. The Morgan fingerprint density at radius 3 is 2.15 bits per heavy atom. The molecule has 2 aliphatic rings. The lowest BCUT2D eigenvalue weighted by atomic mass is 9.86. The van der Waals surface area contributed by atoms with Gasteiger partial charge in [-0.2, -0.15) is 0 Å². The number of hydrogen-bond donors (Lipinski definition) is 0. The summed E-state index contributed by atoms with van der Waals surface area (Å²) in [6.45, 7) is 8.54. The van der Waals surface area contributed by atoms with Gasteiger partial charge in [0.15, 0.2) is 0 Å². The maximum absolute atomic E-state index is 12.4. The first-order chi connectivity index (χ1) is 12.3. The van der Waals surface area contributed by atoms with Crippen LogP contribution in [0.15, 0.2) is 30.3 Å². The van der Waals surface area contributed by atoms with Crippen molar-refractivity contribution in [2.75, 3.05) is 26.2 Å². The largest absolute Gasteiger partial charge is 0.445 e. The van der Waals surface area contributed by atoms with Crippen LogP contribution in [0.4, 0.5) is 9.59 Å². The number of carbonyl (C=O) groups is 2. The number of rotatable bonds is 2. The molecule has 1 atom stereocenters. The number of likely N-dealkylation sites (tertiary alicyclic amines) is 2. The van der Waals surface area contributed by atoms with E-state index in [-0.39, 0.29) is 24.2 Å². The molecule has 0 aliphatic carbocycles. The van der Waals surface area contributed by atoms with Gasteiger partial charge in [0.05, 0.1) is 0 Å². The van der Waals surface area contributed by atoms with E-state index in [1.54, 1.807) is 9.80 Å². The zero-order valence-corrected chi connectivity index (χ0v) is 15.9. The molecule has 2 fully saturated rings. The van der Waals surface area contributed by atoms with Crippen molar-refractivity contribution in [3.8, 4) is 0 Å². The fourth-order valence-electron chi connectivity index (χ4n) is 3.65. The predicted octanol–water partition coefficient (Wildman–Crippen LogP) is 3.66. The molecule has 2 saturated heterocycles. The van der Waals surface area contributed by atoms with E-state index in [1.807, 2.05) is 51.1 Å². The first-order valence-electron chi connectivity index (χ1n) is 9.20. The molecule has 6 nitrogen and oxygen atoms in total. The van der Waals surface area contributed by atoms with Crippen molar-refractivity contribution in [3.63, 3.8) is 0 Å². The topological polar surface area (TPSA) is 59.1 Å². The molecule has 0 bridgehead atoms. The summed E-state index contributed by atoms with van der Waals surface area (Å²) >= 11 is 0. The van der Waals surface area contributed by atoms with Crippen LogP contribution in [0.1, 0.15) is 39.2 Å². The fourth-order valence-corrected chi connectivity index (χ4v) is 3.65. The van der Waals surface area contributed by atoms with Crippen LogP contribution >= 0.6 is 0 Å². The fraction of sp³-hybridized carbons (Fsp3) is 0.600. The van der Waals surface area contributed by atoms with Gasteiger partial charge in [0.25, 0.3) is 0 Å². The highest BCUT2D eigenvalue weighted by atomic mass is 16.6. The molecule has 6 heteroatoms. The summed E-state index contributed by atoms with van der Waals surface area (Å²) in [4.78, 5) is 28.2. The van der Waals surface area contributed by atoms with Gasteiger partial charge in [0.1, 0.15) is 12.2 Å². The Hall–Kier alpha value is -2.24. The number of ether oxygens (including phenoxy) is 2. The third-order valence-electron chi connectivity index (χ3n) is 4.99. The molecule has 142 valence electrons. The minimum atomic E-state index is -0.490. The normalized spacial score (nSPS) is 22.7. The van der Waals surface area contributed by atoms with E-state index < -0.39 is 5.60 Å². The van der Waals surface area contributed by atoms with E-state index in [0.717, 1.165) is 18.4 Å². The van der Waals surface area contributed by atoms with Crippen molar-refractivity contribution in [1.29, 1.82) is 0 Å². The van der Waals surface area contributed by atoms with Crippen LogP contribution in [0.5, 0.6) is 0 Å². The molecule has 1 aromatic carbocycles. The summed E-state index contributed by atoms with van der Waals surface area (Å²) in [5, 5.41) is 0. The molecular weight excluding hydrogens is 332 g/mol. The monoisotopic (exact) mass is 360 g/mol. The summed E-state index contributed by atoms with van der Waals surface area (Å²) < 4.78 is 10.9. The zero-order chi connectivity index (χ0) is 18.8. The summed E-state index contributed by atoms with van der Waals surface area (Å²) in [5.41, 5.74) is 0.463. The standard InChI is InChI=1S/C20H28N2O4/c1-19(2,3)26-18(24)22-12-10-20(15-22)9-11-21(14-20)17(23)25-13-16-7-5-4-6-8-16/h4-8H,9-15H2,1-3H3. The van der Waals surface area contributed by atoms with Gasteiger partial charge in [0.2, 0.25) is 0 Å². The van der Waals surface area contributed by atoms with E-state index in [0.29, 0.717) is 26.2 Å². The molecule has 2 aliphatic heterocycles. The van der Waals surface area contributed by atoms with Gasteiger partial charge in [-0.05, 0) is 39.2 Å². The summed E-state index contributed by atoms with van der Waals surface area (Å²) in [5.74, 6) is 0. The Bertz CT molecular complexity index is 656. The molecule has 26 heavy (non-hydrogen) atoms. The van der Waals surface area contributed by atoms with Crippen molar-refractivity contribution in [3.05, 3.63) is 35.9 Å². The molecule has 0 radical (unpaired) electrons. The summed E-state index contributed by atoms with van der Waals surface area (Å²) in [6, 6.07) is 9.67. The Morgan fingerprint density at radius 1 is 1.00 bits per heavy atom. The molecule has 1 aromatic rings. The van der Waals surface area contributed by atoms with Crippen molar-refractivity contribution in [2.24, 2.45) is 5.41 Å². The molecule has 1 spiro atoms. The van der Waals surface area contributed by atoms with Crippen LogP contribution in [0.25, 0.3) is 0 Å². The van der Waals surface area contributed by atoms with Gasteiger partial charge < -0.3 is 19.3 Å². The van der Waals surface area contributed by atoms with Crippen molar-refractivity contribution in [1.82, 2.24) is 9.80 Å². The maximum atomic E-state index is 12.4. The van der Waals surface area contributed by atoms with Gasteiger partial charge in [-0.15, -0.1) is 0 Å². The third kappa shape index (κ3) is 4.48. The molecule has 1 unspecified atom stereocenters. The lowest BCUT2D eigenvalue weighted by molar-refractivity contribution is 0.0274. The van der Waals surface area contributed by atoms with Gasteiger partial charge in [0, 0.05) is 31.6 Å². The SMILES string of the molecule is CC(C)(C)OC(=O)N1CCC2(CCN(C(=O)OCc3ccccc3)C2)C1. The number of hydrogen-bond acceptors (Lipinski definition) is 4. The number of nitrogens with zero attached hydrogens (tertiary/aromatic N) is 2. The molecular formula is C20H28N2O4. The molecule has 0 aromatic heterocycles. The second-order valence-corrected chi connectivity index (χ2v) is 8.36. The van der Waals surface area contributed by atoms with E-state index in [9.17, 15) is 9.59 Å². The average Bonchev–Trinajstić information content (AvgIpc) is 3.20. The minimum Gasteiger partial charge on any atom is -0.445 e. The summed E-state index contributed by atoms with van der Waals surface area (Å²) in [7, 11) is 0. The number of carbonyl (C=O) groups excluding carboxylic acids is 2. The first-order valence-corrected chi connectivity index (χ1v) is 9.20. The molecule has 3 rings (SSSR count). The van der Waals surface area contributed by atoms with Crippen molar-refractivity contribution >= 4 is 12.2 Å². The smallest absolute Gasteiger partial charge is 0.410 e. The van der Waals surface area contributed by atoms with Crippen LogP contribution in [0.3, 0.4) is 0 Å². The van der Waals surface area contributed by atoms with Gasteiger partial charge in [-0.25, -0.2) is 9.59 Å². The maximum Gasteiger partial charge on any atom is 0.410 e. The van der Waals surface area contributed by atoms with Crippen LogP contribution in [-0.2, 0) is 16.1 Å². The Balaban J connectivity index is 1.50. The highest BCUT2D eigenvalue weighted by Crippen LogP contribution is 2.40. The zero-order valence-electron chi connectivity index (χ0n) is 15.9. The lowest BCUT2D eigenvalue weighted by Crippen LogP contribution is -2.38. The van der Waals surface area contributed by atoms with E-state index >= 15 is 0 Å². The quantitative estimate of drug-likeness (QED) is 0.808. The van der Waals surface area contributed by atoms with E-state index in [1.165, 1.54) is 0 Å². The van der Waals surface area contributed by atoms with Gasteiger partial charge in [-0.3, -0.25) is 0 Å². The Morgan fingerprint density at radius 2 is 1.58 bits per heavy atom. The Kier molecular flexibility index (Phi) is 5.12. The van der Waals surface area contributed by atoms with Gasteiger partial charge >= 0.3 is 12.2 Å². The average molecular weight is 360 g/mol. The van der Waals surface area contributed by atoms with Gasteiger partial charge in [-0.1, -0.05) is 30.3 Å². The molecule has 2 amide bonds. The second kappa shape index (κ2) is 7.17. The van der Waals surface area contributed by atoms with E-state index in [2.05, 4.69) is 0 Å². The predicted molar refractivity (Wildman–Crippen MR) is 97.7 cm³/mol. The number of amides is 2. The van der Waals surface area contributed by atoms with Crippen LogP contribution in [0, 0.1) is 5.41 Å². The van der Waals surface area contributed by atoms with Crippen LogP contribution < -0.4 is 0 Å². The highest BCUT2D eigenvalue weighted by Gasteiger charge is 2.47. The summed E-state index contributed by atoms with van der Waals surface area (Å²) in [6.07, 6.45) is 1.25. The molecule has 0 saturated carbocycles. The molecule has 0 N–H and O–H groups in total. The third-order valence-corrected chi connectivity index (χ3v) is 4.99. The minimum absolute atomic E-state index is 0.0251.